The van der Waals surface area contributed by atoms with Gasteiger partial charge in [-0.2, -0.15) is 0 Å². The van der Waals surface area contributed by atoms with Crippen LogP contribution in [0.2, 0.25) is 0 Å². The molecule has 1 heterocycles. The average Bonchev–Trinajstić information content (AvgIpc) is 2.68. The zero-order valence-electron chi connectivity index (χ0n) is 18.2. The van der Waals surface area contributed by atoms with Gasteiger partial charge in [-0.05, 0) is 47.5 Å². The molecule has 6 heteroatoms. The zero-order chi connectivity index (χ0) is 20.6. The normalized spacial score (nSPS) is 20.2. The Labute approximate surface area is 173 Å². The van der Waals surface area contributed by atoms with Crippen molar-refractivity contribution < 1.29 is 9.59 Å². The molecule has 1 atom stereocenters. The van der Waals surface area contributed by atoms with Gasteiger partial charge in [-0.1, -0.05) is 56.2 Å². The van der Waals surface area contributed by atoms with Crippen molar-refractivity contribution in [1.82, 2.24) is 4.90 Å². The van der Waals surface area contributed by atoms with Crippen LogP contribution in [-0.4, -0.2) is 41.7 Å². The molecule has 0 N–H and O–H groups in total. The molecule has 1 aliphatic rings. The Morgan fingerprint density at radius 1 is 0.846 bits per heavy atom. The third kappa shape index (κ3) is 7.67. The number of nitrogens with zero attached hydrogens (tertiary/aromatic N) is 1. The molecule has 2 amide bonds. The number of imide groups is 1. The van der Waals surface area contributed by atoms with Crippen LogP contribution in [0.3, 0.4) is 0 Å². The van der Waals surface area contributed by atoms with E-state index in [9.17, 15) is 9.59 Å². The van der Waals surface area contributed by atoms with Crippen molar-refractivity contribution in [2.45, 2.75) is 114 Å². The smallest absolute Gasteiger partial charge is 0.243 e. The Bertz CT molecular complexity index is 530. The number of hydrogen-bond acceptors (Lipinski definition) is 5. The summed E-state index contributed by atoms with van der Waals surface area (Å²) in [5.74, 6) is -0.0502. The molecule has 0 aromatic carbocycles. The molecule has 0 radical (unpaired) electrons. The van der Waals surface area contributed by atoms with E-state index in [0.717, 1.165) is 12.8 Å². The van der Waals surface area contributed by atoms with E-state index in [4.69, 9.17) is 0 Å². The second-order valence-corrected chi connectivity index (χ2v) is 15.9. The third-order valence-electron chi connectivity index (χ3n) is 4.08. The van der Waals surface area contributed by atoms with Gasteiger partial charge >= 0.3 is 0 Å². The molecule has 26 heavy (non-hydrogen) atoms. The third-order valence-corrected chi connectivity index (χ3v) is 9.92. The molecule has 0 aliphatic carbocycles. The van der Waals surface area contributed by atoms with E-state index in [-0.39, 0.29) is 31.3 Å². The minimum atomic E-state index is -0.434. The topological polar surface area (TPSA) is 37.4 Å². The highest BCUT2D eigenvalue weighted by molar-refractivity contribution is 8.77. The summed E-state index contributed by atoms with van der Waals surface area (Å²) in [7, 11) is 3.88. The quantitative estimate of drug-likeness (QED) is 0.365. The minimum Gasteiger partial charge on any atom is -0.276 e. The van der Waals surface area contributed by atoms with E-state index < -0.39 is 5.54 Å². The van der Waals surface area contributed by atoms with E-state index in [0.29, 0.717) is 6.42 Å². The van der Waals surface area contributed by atoms with Gasteiger partial charge in [-0.25, -0.2) is 0 Å². The number of amides is 2. The maximum atomic E-state index is 12.7. The maximum Gasteiger partial charge on any atom is 0.243 e. The van der Waals surface area contributed by atoms with Gasteiger partial charge in [0.2, 0.25) is 11.8 Å². The van der Waals surface area contributed by atoms with Crippen LogP contribution in [-0.2, 0) is 9.59 Å². The van der Waals surface area contributed by atoms with Gasteiger partial charge in [0.1, 0.15) is 0 Å². The molecular weight excluding hydrogens is 382 g/mol. The first-order valence-corrected chi connectivity index (χ1v) is 12.4. The van der Waals surface area contributed by atoms with Crippen molar-refractivity contribution in [3.8, 4) is 0 Å². The Kier molecular flexibility index (Phi) is 7.72. The van der Waals surface area contributed by atoms with Crippen LogP contribution in [0.5, 0.6) is 0 Å². The van der Waals surface area contributed by atoms with Crippen LogP contribution < -0.4 is 0 Å². The van der Waals surface area contributed by atoms with Crippen LogP contribution in [0.15, 0.2) is 0 Å². The molecule has 1 aliphatic heterocycles. The summed E-state index contributed by atoms with van der Waals surface area (Å²) in [4.78, 5) is 26.5. The number of thioether (sulfide) groups is 1. The number of hydrogen-bond donors (Lipinski definition) is 0. The van der Waals surface area contributed by atoms with Crippen molar-refractivity contribution in [1.29, 1.82) is 0 Å². The first kappa shape index (κ1) is 24.2. The predicted octanol–water partition coefficient (Wildman–Crippen LogP) is 6.16. The standard InChI is InChI=1S/C20H37NO2S3/c1-17(2,3)21-15(22)13-14(16(21)23)24-19(7,8)11-12-20(9,10)26-25-18(4,5)6/h14H,11-13H2,1-10H3. The Hall–Kier alpha value is 0.190. The molecule has 3 nitrogen and oxygen atoms in total. The zero-order valence-corrected chi connectivity index (χ0v) is 20.6. The summed E-state index contributed by atoms with van der Waals surface area (Å²) < 4.78 is 0.403. The van der Waals surface area contributed by atoms with Gasteiger partial charge in [0.15, 0.2) is 0 Å². The lowest BCUT2D eigenvalue weighted by molar-refractivity contribution is -0.143. The van der Waals surface area contributed by atoms with Crippen LogP contribution in [0, 0.1) is 0 Å². The largest absolute Gasteiger partial charge is 0.276 e. The lowest BCUT2D eigenvalue weighted by Gasteiger charge is -2.33. The van der Waals surface area contributed by atoms with Crippen molar-refractivity contribution >= 4 is 45.2 Å². The number of carbonyl (C=O) groups is 2. The molecule has 0 saturated carbocycles. The maximum absolute atomic E-state index is 12.7. The Morgan fingerprint density at radius 3 is 1.77 bits per heavy atom. The molecule has 0 bridgehead atoms. The molecule has 0 spiro atoms. The number of carbonyl (C=O) groups excluding carboxylic acids is 2. The van der Waals surface area contributed by atoms with Gasteiger partial charge in [-0.15, -0.1) is 11.8 Å². The van der Waals surface area contributed by atoms with Crippen LogP contribution >= 0.6 is 33.3 Å². The summed E-state index contributed by atoms with van der Waals surface area (Å²) in [5, 5.41) is -0.239. The van der Waals surface area contributed by atoms with Gasteiger partial charge < -0.3 is 0 Å². The highest BCUT2D eigenvalue weighted by Crippen LogP contribution is 2.47. The molecule has 0 aromatic rings. The minimum absolute atomic E-state index is 0.0162. The van der Waals surface area contributed by atoms with E-state index in [1.807, 2.05) is 42.4 Å². The predicted molar refractivity (Wildman–Crippen MR) is 120 cm³/mol. The molecule has 152 valence electrons. The molecule has 1 rings (SSSR count). The highest BCUT2D eigenvalue weighted by Gasteiger charge is 2.46. The van der Waals surface area contributed by atoms with E-state index >= 15 is 0 Å². The van der Waals surface area contributed by atoms with Crippen molar-refractivity contribution in [2.24, 2.45) is 0 Å². The first-order valence-electron chi connectivity index (χ1n) is 9.35. The fraction of sp³-hybridized carbons (Fsp3) is 0.900. The lowest BCUT2D eigenvalue weighted by Crippen LogP contribution is -2.46. The monoisotopic (exact) mass is 419 g/mol. The van der Waals surface area contributed by atoms with Gasteiger partial charge in [0.05, 0.1) is 5.25 Å². The van der Waals surface area contributed by atoms with E-state index in [1.54, 1.807) is 11.8 Å². The van der Waals surface area contributed by atoms with Gasteiger partial charge in [0, 0.05) is 26.2 Å². The lowest BCUT2D eigenvalue weighted by atomic mass is 9.99. The molecule has 1 unspecified atom stereocenters. The number of likely N-dealkylation sites (tertiary alicyclic amines) is 1. The summed E-state index contributed by atoms with van der Waals surface area (Å²) in [6.45, 7) is 21.5. The van der Waals surface area contributed by atoms with Crippen LogP contribution in [0.4, 0.5) is 0 Å². The Morgan fingerprint density at radius 2 is 1.35 bits per heavy atom. The SMILES string of the molecule is CC(C)(C)SSC(C)(C)CCC(C)(C)SC1CC(=O)N(C(C)(C)C)C1=O. The molecule has 1 fully saturated rings. The number of rotatable bonds is 7. The molecule has 1 saturated heterocycles. The fourth-order valence-electron chi connectivity index (χ4n) is 2.73. The van der Waals surface area contributed by atoms with Crippen molar-refractivity contribution in [2.75, 3.05) is 0 Å². The fourth-order valence-corrected chi connectivity index (χ4v) is 6.49. The highest BCUT2D eigenvalue weighted by atomic mass is 33.1. The summed E-state index contributed by atoms with van der Waals surface area (Å²) in [6, 6.07) is 0. The first-order chi connectivity index (χ1) is 11.4. The summed E-state index contributed by atoms with van der Waals surface area (Å²) in [6.07, 6.45) is 2.44. The summed E-state index contributed by atoms with van der Waals surface area (Å²) >= 11 is 1.68. The second kappa shape index (κ2) is 8.28. The van der Waals surface area contributed by atoms with Crippen molar-refractivity contribution in [3.63, 3.8) is 0 Å². The second-order valence-electron chi connectivity index (χ2n) is 10.3. The molecular formula is C20H37NO2S3. The average molecular weight is 420 g/mol. The van der Waals surface area contributed by atoms with Crippen LogP contribution in [0.25, 0.3) is 0 Å². The van der Waals surface area contributed by atoms with Gasteiger partial charge in [-0.3, -0.25) is 14.5 Å². The van der Waals surface area contributed by atoms with E-state index in [1.165, 1.54) is 4.90 Å². The van der Waals surface area contributed by atoms with E-state index in [2.05, 4.69) is 48.5 Å². The Balaban J connectivity index is 2.64. The van der Waals surface area contributed by atoms with Crippen molar-refractivity contribution in [3.05, 3.63) is 0 Å². The molecule has 0 aromatic heterocycles. The summed E-state index contributed by atoms with van der Waals surface area (Å²) in [5.41, 5.74) is -0.434. The van der Waals surface area contributed by atoms with Crippen LogP contribution in [0.1, 0.15) is 88.5 Å². The van der Waals surface area contributed by atoms with Gasteiger partial charge in [0.25, 0.3) is 0 Å².